The van der Waals surface area contributed by atoms with Crippen LogP contribution in [-0.4, -0.2) is 65.3 Å². The van der Waals surface area contributed by atoms with Crippen molar-refractivity contribution in [3.8, 4) is 0 Å². The van der Waals surface area contributed by atoms with Crippen molar-refractivity contribution in [2.45, 2.75) is 57.6 Å². The second-order valence-electron chi connectivity index (χ2n) is 7.45. The molecule has 136 valence electrons. The minimum atomic E-state index is -0.324. The van der Waals surface area contributed by atoms with Crippen LogP contribution < -0.4 is 5.48 Å². The van der Waals surface area contributed by atoms with Crippen LogP contribution in [0.1, 0.15) is 45.4 Å². The molecule has 3 unspecified atom stereocenters. The van der Waals surface area contributed by atoms with Gasteiger partial charge >= 0.3 is 6.03 Å². The summed E-state index contributed by atoms with van der Waals surface area (Å²) >= 11 is 0. The van der Waals surface area contributed by atoms with Crippen molar-refractivity contribution >= 4 is 11.9 Å². The third-order valence-corrected chi connectivity index (χ3v) is 5.80. The molecule has 4 atom stereocenters. The monoisotopic (exact) mass is 339 g/mol. The fourth-order valence-electron chi connectivity index (χ4n) is 4.25. The number of nitrogens with one attached hydrogen (secondary N) is 1. The molecule has 3 fully saturated rings. The van der Waals surface area contributed by atoms with E-state index < -0.39 is 0 Å². The minimum Gasteiger partial charge on any atom is -0.376 e. The predicted molar refractivity (Wildman–Crippen MR) is 87.5 cm³/mol. The first kappa shape index (κ1) is 17.5. The topological polar surface area (TPSA) is 82.1 Å². The molecule has 0 aromatic rings. The van der Waals surface area contributed by atoms with E-state index in [0.29, 0.717) is 19.6 Å². The van der Waals surface area contributed by atoms with E-state index in [-0.39, 0.29) is 35.9 Å². The average Bonchev–Trinajstić information content (AvgIpc) is 2.80. The Balaban J connectivity index is 1.65. The number of hydrogen-bond donors (Lipinski definition) is 2. The van der Waals surface area contributed by atoms with E-state index in [4.69, 9.17) is 9.94 Å². The molecule has 3 amide bonds. The molecule has 2 saturated heterocycles. The highest BCUT2D eigenvalue weighted by Gasteiger charge is 2.40. The zero-order valence-electron chi connectivity index (χ0n) is 14.4. The lowest BCUT2D eigenvalue weighted by Gasteiger charge is -2.37. The second kappa shape index (κ2) is 7.70. The van der Waals surface area contributed by atoms with Gasteiger partial charge in [-0.3, -0.25) is 10.0 Å². The molecular weight excluding hydrogens is 310 g/mol. The summed E-state index contributed by atoms with van der Waals surface area (Å²) < 4.78 is 6.04. The van der Waals surface area contributed by atoms with Gasteiger partial charge in [0, 0.05) is 31.5 Å². The molecule has 2 N–H and O–H groups in total. The lowest BCUT2D eigenvalue weighted by atomic mass is 9.79. The number of urea groups is 1. The Morgan fingerprint density at radius 1 is 1.17 bits per heavy atom. The molecule has 0 bridgehead atoms. The smallest absolute Gasteiger partial charge is 0.320 e. The highest BCUT2D eigenvalue weighted by atomic mass is 16.5. The first-order valence-electron chi connectivity index (χ1n) is 9.21. The summed E-state index contributed by atoms with van der Waals surface area (Å²) in [6.45, 7) is 4.96. The van der Waals surface area contributed by atoms with Crippen molar-refractivity contribution in [2.24, 2.45) is 11.8 Å². The van der Waals surface area contributed by atoms with Crippen LogP contribution in [0.25, 0.3) is 0 Å². The van der Waals surface area contributed by atoms with Gasteiger partial charge in [-0.25, -0.2) is 10.3 Å². The van der Waals surface area contributed by atoms with Crippen LogP contribution in [0.3, 0.4) is 0 Å². The summed E-state index contributed by atoms with van der Waals surface area (Å²) in [6.07, 6.45) is 5.58. The molecule has 1 saturated carbocycles. The molecule has 1 aliphatic carbocycles. The Bertz CT molecular complexity index is 467. The number of rotatable bonds is 1. The Labute approximate surface area is 143 Å². The van der Waals surface area contributed by atoms with Crippen LogP contribution in [0.4, 0.5) is 4.79 Å². The first-order valence-corrected chi connectivity index (χ1v) is 9.21. The zero-order chi connectivity index (χ0) is 17.1. The standard InChI is InChI=1S/C17H29N3O4/c1-12-11-24-15-9-13(16(21)18-23)5-6-14(15)10-20(12)17(22)19-7-3-2-4-8-19/h12-15,23H,2-11H2,1H3,(H,18,21)/t12-,13?,14?,15?/m0/s1. The lowest BCUT2D eigenvalue weighted by molar-refractivity contribution is -0.137. The highest BCUT2D eigenvalue weighted by molar-refractivity contribution is 5.77. The fraction of sp³-hybridized carbons (Fsp3) is 0.882. The lowest BCUT2D eigenvalue weighted by Crippen LogP contribution is -2.51. The molecule has 7 heteroatoms. The van der Waals surface area contributed by atoms with Crippen molar-refractivity contribution in [3.05, 3.63) is 0 Å². The van der Waals surface area contributed by atoms with E-state index in [9.17, 15) is 9.59 Å². The van der Waals surface area contributed by atoms with Gasteiger partial charge in [0.05, 0.1) is 18.8 Å². The average molecular weight is 339 g/mol. The molecule has 7 nitrogen and oxygen atoms in total. The molecular formula is C17H29N3O4. The number of carbonyl (C=O) groups excluding carboxylic acids is 2. The molecule has 0 spiro atoms. The normalized spacial score (nSPS) is 34.2. The van der Waals surface area contributed by atoms with Crippen LogP contribution in [-0.2, 0) is 9.53 Å². The van der Waals surface area contributed by atoms with Crippen LogP contribution in [0.15, 0.2) is 0 Å². The molecule has 24 heavy (non-hydrogen) atoms. The van der Waals surface area contributed by atoms with Gasteiger partial charge in [-0.05, 0) is 45.4 Å². The van der Waals surface area contributed by atoms with Gasteiger partial charge in [0.2, 0.25) is 5.91 Å². The van der Waals surface area contributed by atoms with Gasteiger partial charge < -0.3 is 14.5 Å². The minimum absolute atomic E-state index is 0.0114. The Hall–Kier alpha value is -1.34. The van der Waals surface area contributed by atoms with Gasteiger partial charge in [-0.15, -0.1) is 0 Å². The number of fused-ring (bicyclic) bond motifs is 1. The van der Waals surface area contributed by atoms with E-state index >= 15 is 0 Å². The van der Waals surface area contributed by atoms with E-state index in [1.807, 2.05) is 16.7 Å². The van der Waals surface area contributed by atoms with Crippen molar-refractivity contribution in [2.75, 3.05) is 26.2 Å². The summed E-state index contributed by atoms with van der Waals surface area (Å²) in [5, 5.41) is 8.84. The fourth-order valence-corrected chi connectivity index (χ4v) is 4.25. The van der Waals surface area contributed by atoms with Crippen LogP contribution >= 0.6 is 0 Å². The summed E-state index contributed by atoms with van der Waals surface area (Å²) in [6, 6.07) is 0.191. The summed E-state index contributed by atoms with van der Waals surface area (Å²) in [7, 11) is 0. The van der Waals surface area contributed by atoms with Gasteiger partial charge in [0.15, 0.2) is 0 Å². The maximum atomic E-state index is 12.9. The number of ether oxygens (including phenoxy) is 1. The third kappa shape index (κ3) is 3.67. The summed E-state index contributed by atoms with van der Waals surface area (Å²) in [4.78, 5) is 28.5. The number of hydrogen-bond acceptors (Lipinski definition) is 4. The van der Waals surface area contributed by atoms with Gasteiger partial charge in [-0.2, -0.15) is 0 Å². The molecule has 2 heterocycles. The number of hydroxylamine groups is 1. The van der Waals surface area contributed by atoms with Crippen molar-refractivity contribution in [1.82, 2.24) is 15.3 Å². The van der Waals surface area contributed by atoms with E-state index in [2.05, 4.69) is 0 Å². The molecule has 3 aliphatic rings. The van der Waals surface area contributed by atoms with Crippen molar-refractivity contribution in [1.29, 1.82) is 0 Å². The second-order valence-corrected chi connectivity index (χ2v) is 7.45. The van der Waals surface area contributed by atoms with Gasteiger partial charge in [0.25, 0.3) is 0 Å². The van der Waals surface area contributed by atoms with Gasteiger partial charge in [-0.1, -0.05) is 0 Å². The Morgan fingerprint density at radius 2 is 1.92 bits per heavy atom. The largest absolute Gasteiger partial charge is 0.376 e. The molecule has 0 aromatic heterocycles. The Morgan fingerprint density at radius 3 is 2.62 bits per heavy atom. The van der Waals surface area contributed by atoms with Crippen molar-refractivity contribution in [3.63, 3.8) is 0 Å². The maximum absolute atomic E-state index is 12.9. The van der Waals surface area contributed by atoms with E-state index in [0.717, 1.165) is 38.8 Å². The number of piperidine rings is 1. The predicted octanol–water partition coefficient (Wildman–Crippen LogP) is 1.60. The van der Waals surface area contributed by atoms with E-state index in [1.54, 1.807) is 5.48 Å². The Kier molecular flexibility index (Phi) is 5.61. The number of nitrogens with zero attached hydrogens (tertiary/aromatic N) is 2. The van der Waals surface area contributed by atoms with Crippen LogP contribution in [0, 0.1) is 11.8 Å². The van der Waals surface area contributed by atoms with Crippen LogP contribution in [0.5, 0.6) is 0 Å². The SMILES string of the molecule is C[C@H]1COC2CC(C(=O)NO)CCC2CN1C(=O)N1CCCCC1. The molecule has 0 radical (unpaired) electrons. The highest BCUT2D eigenvalue weighted by Crippen LogP contribution is 2.34. The number of likely N-dealkylation sites (tertiary alicyclic amines) is 1. The molecule has 3 rings (SSSR count). The third-order valence-electron chi connectivity index (χ3n) is 5.80. The van der Waals surface area contributed by atoms with Crippen molar-refractivity contribution < 1.29 is 19.5 Å². The molecule has 0 aromatic carbocycles. The zero-order valence-corrected chi connectivity index (χ0v) is 14.4. The number of amides is 3. The quantitative estimate of drug-likeness (QED) is 0.562. The van der Waals surface area contributed by atoms with Crippen LogP contribution in [0.2, 0.25) is 0 Å². The summed E-state index contributed by atoms with van der Waals surface area (Å²) in [5.74, 6) is -0.252. The molecule has 2 aliphatic heterocycles. The van der Waals surface area contributed by atoms with Gasteiger partial charge in [0.1, 0.15) is 0 Å². The maximum Gasteiger partial charge on any atom is 0.320 e. The number of carbonyl (C=O) groups is 2. The van der Waals surface area contributed by atoms with E-state index in [1.165, 1.54) is 6.42 Å². The first-order chi connectivity index (χ1) is 11.6. The summed E-state index contributed by atoms with van der Waals surface area (Å²) in [5.41, 5.74) is 1.76.